The number of halogens is 4. The van der Waals surface area contributed by atoms with Gasteiger partial charge in [0.05, 0.1) is 24.9 Å². The van der Waals surface area contributed by atoms with Crippen molar-refractivity contribution >= 4 is 21.7 Å². The van der Waals surface area contributed by atoms with Crippen molar-refractivity contribution in [3.63, 3.8) is 0 Å². The lowest BCUT2D eigenvalue weighted by Gasteiger charge is -2.13. The Balaban J connectivity index is 2.49. The predicted octanol–water partition coefficient (Wildman–Crippen LogP) is 3.65. The zero-order valence-corrected chi connectivity index (χ0v) is 14.4. The van der Waals surface area contributed by atoms with Gasteiger partial charge >= 0.3 is 15.6 Å². The first-order valence-electron chi connectivity index (χ1n) is 6.49. The largest absolute Gasteiger partial charge is 0.534 e. The molecule has 11 heteroatoms. The van der Waals surface area contributed by atoms with Crippen molar-refractivity contribution in [2.45, 2.75) is 5.51 Å². The van der Waals surface area contributed by atoms with Crippen LogP contribution in [0, 0.1) is 0 Å². The second kappa shape index (κ2) is 6.96. The van der Waals surface area contributed by atoms with Gasteiger partial charge in [-0.1, -0.05) is 23.7 Å². The fraction of sp³-hybridized carbons (Fsp3) is 0.214. The number of ether oxygens (including phenoxy) is 2. The van der Waals surface area contributed by atoms with Crippen LogP contribution in [0.4, 0.5) is 13.2 Å². The third-order valence-corrected chi connectivity index (χ3v) is 4.32. The monoisotopic (exact) mass is 397 g/mol. The normalized spacial score (nSPS) is 11.9. The molecule has 0 aliphatic rings. The molecular formula is C14H11ClF3NO5S. The fourth-order valence-electron chi connectivity index (χ4n) is 1.82. The van der Waals surface area contributed by atoms with E-state index >= 15 is 0 Å². The number of nitrogens with zero attached hydrogens (tertiary/aromatic N) is 1. The van der Waals surface area contributed by atoms with Crippen molar-refractivity contribution in [2.24, 2.45) is 0 Å². The van der Waals surface area contributed by atoms with E-state index in [0.717, 1.165) is 6.07 Å². The Bertz CT molecular complexity index is 887. The lowest BCUT2D eigenvalue weighted by Crippen LogP contribution is -2.28. The predicted molar refractivity (Wildman–Crippen MR) is 83.4 cm³/mol. The topological polar surface area (TPSA) is 74.7 Å². The number of pyridine rings is 1. The molecule has 2 aromatic rings. The molecular weight excluding hydrogens is 387 g/mol. The average Bonchev–Trinajstić information content (AvgIpc) is 2.55. The third kappa shape index (κ3) is 3.90. The zero-order chi connectivity index (χ0) is 18.8. The van der Waals surface area contributed by atoms with Crippen molar-refractivity contribution in [3.05, 3.63) is 35.4 Å². The first-order chi connectivity index (χ1) is 11.6. The van der Waals surface area contributed by atoms with Gasteiger partial charge < -0.3 is 13.7 Å². The molecule has 0 radical (unpaired) electrons. The third-order valence-electron chi connectivity index (χ3n) is 2.96. The molecule has 1 aromatic heterocycles. The molecule has 0 saturated carbocycles. The van der Waals surface area contributed by atoms with Crippen LogP contribution in [-0.2, 0) is 10.1 Å². The molecule has 0 bridgehead atoms. The summed E-state index contributed by atoms with van der Waals surface area (Å²) in [4.78, 5) is 4.12. The summed E-state index contributed by atoms with van der Waals surface area (Å²) < 4.78 is 73.8. The van der Waals surface area contributed by atoms with E-state index < -0.39 is 21.4 Å². The molecule has 25 heavy (non-hydrogen) atoms. The summed E-state index contributed by atoms with van der Waals surface area (Å²) in [6.07, 6.45) is 0. The van der Waals surface area contributed by atoms with Crippen molar-refractivity contribution in [3.8, 4) is 28.6 Å². The van der Waals surface area contributed by atoms with E-state index in [-0.39, 0.29) is 22.2 Å². The van der Waals surface area contributed by atoms with Gasteiger partial charge in [-0.25, -0.2) is 4.98 Å². The molecule has 1 heterocycles. The van der Waals surface area contributed by atoms with Crippen molar-refractivity contribution in [1.82, 2.24) is 4.98 Å². The quantitative estimate of drug-likeness (QED) is 0.566. The summed E-state index contributed by atoms with van der Waals surface area (Å²) in [5.41, 5.74) is -5.21. The molecule has 0 amide bonds. The fourth-order valence-corrected chi connectivity index (χ4v) is 2.59. The van der Waals surface area contributed by atoms with Gasteiger partial charge in [0.15, 0.2) is 11.5 Å². The number of alkyl halides is 3. The number of methoxy groups -OCH3 is 2. The van der Waals surface area contributed by atoms with E-state index in [0.29, 0.717) is 5.75 Å². The summed E-state index contributed by atoms with van der Waals surface area (Å²) in [6.45, 7) is 0. The number of benzene rings is 1. The number of aromatic nitrogens is 1. The van der Waals surface area contributed by atoms with Gasteiger partial charge in [-0.2, -0.15) is 21.6 Å². The van der Waals surface area contributed by atoms with Crippen molar-refractivity contribution in [2.75, 3.05) is 14.2 Å². The summed E-state index contributed by atoms with van der Waals surface area (Å²) in [7, 11) is -3.09. The maximum Gasteiger partial charge on any atom is 0.534 e. The molecule has 1 aromatic carbocycles. The molecule has 0 N–H and O–H groups in total. The minimum atomic E-state index is -5.85. The van der Waals surface area contributed by atoms with Gasteiger partial charge in [0, 0.05) is 5.56 Å². The highest BCUT2D eigenvalue weighted by Crippen LogP contribution is 2.38. The number of hydrogen-bond acceptors (Lipinski definition) is 6. The van der Waals surface area contributed by atoms with Gasteiger partial charge in [0.2, 0.25) is 0 Å². The van der Waals surface area contributed by atoms with Gasteiger partial charge in [-0.15, -0.1) is 0 Å². The van der Waals surface area contributed by atoms with Crippen LogP contribution in [0.25, 0.3) is 11.3 Å². The average molecular weight is 398 g/mol. The number of rotatable bonds is 5. The van der Waals surface area contributed by atoms with E-state index in [9.17, 15) is 21.6 Å². The summed E-state index contributed by atoms with van der Waals surface area (Å²) in [5, 5.41) is -0.352. The Morgan fingerprint density at radius 1 is 1.04 bits per heavy atom. The maximum atomic E-state index is 12.5. The zero-order valence-electron chi connectivity index (χ0n) is 12.8. The van der Waals surface area contributed by atoms with E-state index in [1.165, 1.54) is 38.5 Å². The first-order valence-corrected chi connectivity index (χ1v) is 8.28. The molecule has 0 atom stereocenters. The highest BCUT2D eigenvalue weighted by molar-refractivity contribution is 7.88. The summed E-state index contributed by atoms with van der Waals surface area (Å²) in [5.74, 6) is -0.229. The van der Waals surface area contributed by atoms with E-state index in [4.69, 9.17) is 21.1 Å². The lowest BCUT2D eigenvalue weighted by molar-refractivity contribution is -0.0500. The Kier molecular flexibility index (Phi) is 5.33. The van der Waals surface area contributed by atoms with Gasteiger partial charge in [-0.05, 0) is 18.2 Å². The Hall–Kier alpha value is -2.20. The van der Waals surface area contributed by atoms with E-state index in [1.54, 1.807) is 0 Å². The van der Waals surface area contributed by atoms with Crippen LogP contribution in [0.2, 0.25) is 5.02 Å². The van der Waals surface area contributed by atoms with Crippen molar-refractivity contribution < 1.29 is 35.2 Å². The first kappa shape index (κ1) is 19.1. The van der Waals surface area contributed by atoms with Crippen LogP contribution >= 0.6 is 11.6 Å². The lowest BCUT2D eigenvalue weighted by atomic mass is 10.1. The van der Waals surface area contributed by atoms with E-state index in [1.807, 2.05) is 0 Å². The van der Waals surface area contributed by atoms with Crippen LogP contribution in [0.1, 0.15) is 0 Å². The van der Waals surface area contributed by atoms with Crippen LogP contribution in [0.3, 0.4) is 0 Å². The Morgan fingerprint density at radius 2 is 1.72 bits per heavy atom. The highest BCUT2D eigenvalue weighted by atomic mass is 35.5. The molecule has 0 aliphatic carbocycles. The van der Waals surface area contributed by atoms with Crippen LogP contribution in [0.15, 0.2) is 30.3 Å². The minimum Gasteiger partial charge on any atom is -0.491 e. The van der Waals surface area contributed by atoms with Crippen LogP contribution < -0.4 is 13.7 Å². The Morgan fingerprint density at radius 3 is 2.28 bits per heavy atom. The van der Waals surface area contributed by atoms with Crippen LogP contribution in [0.5, 0.6) is 17.4 Å². The smallest absolute Gasteiger partial charge is 0.491 e. The summed E-state index contributed by atoms with van der Waals surface area (Å²) >= 11 is 6.00. The van der Waals surface area contributed by atoms with Crippen LogP contribution in [-0.4, -0.2) is 33.1 Å². The molecule has 0 spiro atoms. The SMILES string of the molecule is COc1ccc(-c2cccc(OS(=O)(=O)C(F)(F)F)c2Cl)nc1OC. The molecule has 2 rings (SSSR count). The number of hydrogen-bond donors (Lipinski definition) is 0. The minimum absolute atomic E-state index is 0.116. The Labute approximate surface area is 146 Å². The van der Waals surface area contributed by atoms with Crippen molar-refractivity contribution in [1.29, 1.82) is 0 Å². The van der Waals surface area contributed by atoms with E-state index in [2.05, 4.69) is 9.17 Å². The molecule has 0 unspecified atom stereocenters. The molecule has 0 saturated heterocycles. The van der Waals surface area contributed by atoms with Gasteiger partial charge in [-0.3, -0.25) is 0 Å². The molecule has 0 aliphatic heterocycles. The molecule has 6 nitrogen and oxygen atoms in total. The van der Waals surface area contributed by atoms with Gasteiger partial charge in [0.1, 0.15) is 0 Å². The second-order valence-electron chi connectivity index (χ2n) is 4.51. The molecule has 0 fully saturated rings. The standard InChI is InChI=1S/C14H11ClF3NO5S/c1-22-11-7-6-9(19-13(11)23-2)8-4-3-5-10(12(8)15)24-25(20,21)14(16,17)18/h3-7H,1-2H3. The maximum absolute atomic E-state index is 12.5. The highest BCUT2D eigenvalue weighted by Gasteiger charge is 2.48. The van der Waals surface area contributed by atoms with Gasteiger partial charge in [0.25, 0.3) is 5.88 Å². The second-order valence-corrected chi connectivity index (χ2v) is 6.42. The summed E-state index contributed by atoms with van der Waals surface area (Å²) in [6, 6.07) is 6.70. The molecule has 136 valence electrons.